The Labute approximate surface area is 129 Å². The molecule has 0 spiro atoms. The Hall–Kier alpha value is -2.14. The first-order valence-electron chi connectivity index (χ1n) is 7.45. The molecule has 1 aliphatic heterocycles. The molecule has 0 radical (unpaired) electrons. The number of likely N-dealkylation sites (tertiary alicyclic amines) is 1. The van der Waals surface area contributed by atoms with E-state index < -0.39 is 11.4 Å². The highest BCUT2D eigenvalue weighted by Crippen LogP contribution is 2.35. The molecule has 22 heavy (non-hydrogen) atoms. The van der Waals surface area contributed by atoms with Crippen LogP contribution in [0.1, 0.15) is 29.3 Å². The lowest BCUT2D eigenvalue weighted by molar-refractivity contribution is -0.143. The van der Waals surface area contributed by atoms with Crippen molar-refractivity contribution in [2.24, 2.45) is 0 Å². The van der Waals surface area contributed by atoms with Crippen molar-refractivity contribution < 1.29 is 14.3 Å². The Morgan fingerprint density at radius 1 is 1.36 bits per heavy atom. The summed E-state index contributed by atoms with van der Waals surface area (Å²) < 4.78 is 5.61. The molecule has 1 N–H and O–H groups in total. The van der Waals surface area contributed by atoms with E-state index in [0.29, 0.717) is 25.4 Å². The summed E-state index contributed by atoms with van der Waals surface area (Å²) in [6, 6.07) is 9.49. The molecule has 2 heterocycles. The van der Waals surface area contributed by atoms with E-state index in [-0.39, 0.29) is 0 Å². The molecule has 5 nitrogen and oxygen atoms in total. The molecule has 5 heteroatoms. The summed E-state index contributed by atoms with van der Waals surface area (Å²) in [4.78, 5) is 18.4. The smallest absolute Gasteiger partial charge is 0.315 e. The normalized spacial score (nSPS) is 22.1. The zero-order valence-corrected chi connectivity index (χ0v) is 12.9. The van der Waals surface area contributed by atoms with Gasteiger partial charge in [-0.1, -0.05) is 30.3 Å². The van der Waals surface area contributed by atoms with Crippen LogP contribution in [0.3, 0.4) is 0 Å². The quantitative estimate of drug-likeness (QED) is 0.940. The second kappa shape index (κ2) is 5.57. The lowest BCUT2D eigenvalue weighted by Crippen LogP contribution is -2.38. The van der Waals surface area contributed by atoms with Crippen molar-refractivity contribution in [3.8, 4) is 0 Å². The predicted octanol–water partition coefficient (Wildman–Crippen LogP) is 2.52. The van der Waals surface area contributed by atoms with E-state index >= 15 is 0 Å². The summed E-state index contributed by atoms with van der Waals surface area (Å²) in [5, 5.41) is 9.78. The van der Waals surface area contributed by atoms with E-state index in [0.717, 1.165) is 23.6 Å². The summed E-state index contributed by atoms with van der Waals surface area (Å²) in [6.45, 7) is 5.56. The fourth-order valence-electron chi connectivity index (χ4n) is 3.11. The maximum absolute atomic E-state index is 11.9. The lowest BCUT2D eigenvalue weighted by Gasteiger charge is -2.25. The second-order valence-corrected chi connectivity index (χ2v) is 5.96. The van der Waals surface area contributed by atoms with Crippen LogP contribution in [-0.2, 0) is 16.8 Å². The predicted molar refractivity (Wildman–Crippen MR) is 81.6 cm³/mol. The van der Waals surface area contributed by atoms with Gasteiger partial charge in [-0.25, -0.2) is 4.98 Å². The first kappa shape index (κ1) is 14.8. The Balaban J connectivity index is 1.80. The van der Waals surface area contributed by atoms with Crippen molar-refractivity contribution in [1.82, 2.24) is 9.88 Å². The molecule has 116 valence electrons. The molecular formula is C17H20N2O3. The van der Waals surface area contributed by atoms with Crippen LogP contribution in [0.4, 0.5) is 0 Å². The third kappa shape index (κ3) is 2.52. The molecule has 0 amide bonds. The van der Waals surface area contributed by atoms with E-state index in [2.05, 4.69) is 9.88 Å². The fraction of sp³-hybridized carbons (Fsp3) is 0.412. The number of carbonyl (C=O) groups is 1. The standard InChI is InChI=1S/C17H20N2O3/c1-12-13(2)22-15(18-12)10-19-9-8-17(11-19,16(20)21)14-6-4-3-5-7-14/h3-7H,8-11H2,1-2H3,(H,20,21). The molecule has 0 aliphatic carbocycles. The molecule has 1 aromatic carbocycles. The van der Waals surface area contributed by atoms with E-state index in [9.17, 15) is 9.90 Å². The number of oxazole rings is 1. The molecule has 1 fully saturated rings. The van der Waals surface area contributed by atoms with Crippen LogP contribution in [-0.4, -0.2) is 34.0 Å². The van der Waals surface area contributed by atoms with Crippen LogP contribution >= 0.6 is 0 Å². The first-order valence-corrected chi connectivity index (χ1v) is 7.45. The zero-order valence-electron chi connectivity index (χ0n) is 12.9. The summed E-state index contributed by atoms with van der Waals surface area (Å²) in [6.07, 6.45) is 0.602. The Morgan fingerprint density at radius 3 is 2.68 bits per heavy atom. The van der Waals surface area contributed by atoms with E-state index in [1.165, 1.54) is 0 Å². The third-order valence-electron chi connectivity index (χ3n) is 4.52. The number of aromatic nitrogens is 1. The molecule has 2 aromatic rings. The number of carboxylic acids is 1. The summed E-state index contributed by atoms with van der Waals surface area (Å²) in [5.74, 6) is 0.715. The van der Waals surface area contributed by atoms with Gasteiger partial charge < -0.3 is 9.52 Å². The van der Waals surface area contributed by atoms with Crippen LogP contribution in [0.25, 0.3) is 0 Å². The van der Waals surface area contributed by atoms with Gasteiger partial charge in [-0.15, -0.1) is 0 Å². The minimum Gasteiger partial charge on any atom is -0.481 e. The number of hydrogen-bond donors (Lipinski definition) is 1. The third-order valence-corrected chi connectivity index (χ3v) is 4.52. The van der Waals surface area contributed by atoms with E-state index in [1.54, 1.807) is 0 Å². The van der Waals surface area contributed by atoms with Crippen molar-refractivity contribution in [3.63, 3.8) is 0 Å². The molecule has 1 saturated heterocycles. The number of benzene rings is 1. The van der Waals surface area contributed by atoms with Crippen molar-refractivity contribution in [1.29, 1.82) is 0 Å². The topological polar surface area (TPSA) is 66.6 Å². The molecule has 3 rings (SSSR count). The zero-order chi connectivity index (χ0) is 15.7. The molecule has 0 bridgehead atoms. The maximum atomic E-state index is 11.9. The van der Waals surface area contributed by atoms with Gasteiger partial charge in [0.1, 0.15) is 11.2 Å². The van der Waals surface area contributed by atoms with Crippen LogP contribution in [0, 0.1) is 13.8 Å². The van der Waals surface area contributed by atoms with Crippen LogP contribution in [0.2, 0.25) is 0 Å². The number of rotatable bonds is 4. The van der Waals surface area contributed by atoms with Crippen molar-refractivity contribution in [2.45, 2.75) is 32.2 Å². The fourth-order valence-corrected chi connectivity index (χ4v) is 3.11. The number of nitrogens with zero attached hydrogens (tertiary/aromatic N) is 2. The van der Waals surface area contributed by atoms with Crippen LogP contribution < -0.4 is 0 Å². The Morgan fingerprint density at radius 2 is 2.09 bits per heavy atom. The highest BCUT2D eigenvalue weighted by Gasteiger charge is 2.46. The average molecular weight is 300 g/mol. The number of aryl methyl sites for hydroxylation is 2. The van der Waals surface area contributed by atoms with Gasteiger partial charge in [0.2, 0.25) is 5.89 Å². The minimum absolute atomic E-state index is 0.479. The first-order chi connectivity index (χ1) is 10.5. The molecule has 0 saturated carbocycles. The SMILES string of the molecule is Cc1nc(CN2CCC(C(=O)O)(c3ccccc3)C2)oc1C. The molecule has 1 aromatic heterocycles. The average Bonchev–Trinajstić information content (AvgIpc) is 3.05. The number of carboxylic acid groups (broad SMARTS) is 1. The van der Waals surface area contributed by atoms with Crippen molar-refractivity contribution in [2.75, 3.05) is 13.1 Å². The van der Waals surface area contributed by atoms with Crippen LogP contribution in [0.15, 0.2) is 34.7 Å². The summed E-state index contributed by atoms with van der Waals surface area (Å²) in [7, 11) is 0. The summed E-state index contributed by atoms with van der Waals surface area (Å²) >= 11 is 0. The van der Waals surface area contributed by atoms with Gasteiger partial charge in [0.25, 0.3) is 0 Å². The highest BCUT2D eigenvalue weighted by molar-refractivity contribution is 5.82. The molecular weight excluding hydrogens is 280 g/mol. The molecule has 1 atom stereocenters. The van der Waals surface area contributed by atoms with Gasteiger partial charge in [-0.05, 0) is 25.8 Å². The Bertz CT molecular complexity index is 661. The second-order valence-electron chi connectivity index (χ2n) is 5.96. The van der Waals surface area contributed by atoms with E-state index in [4.69, 9.17) is 4.42 Å². The molecule has 1 aliphatic rings. The van der Waals surface area contributed by atoms with Gasteiger partial charge in [-0.3, -0.25) is 9.69 Å². The van der Waals surface area contributed by atoms with E-state index in [1.807, 2.05) is 44.2 Å². The maximum Gasteiger partial charge on any atom is 0.315 e. The summed E-state index contributed by atoms with van der Waals surface area (Å²) in [5.41, 5.74) is 0.921. The van der Waals surface area contributed by atoms with Crippen molar-refractivity contribution >= 4 is 5.97 Å². The lowest BCUT2D eigenvalue weighted by atomic mass is 9.80. The van der Waals surface area contributed by atoms with Gasteiger partial charge in [-0.2, -0.15) is 0 Å². The van der Waals surface area contributed by atoms with Gasteiger partial charge >= 0.3 is 5.97 Å². The van der Waals surface area contributed by atoms with Crippen molar-refractivity contribution in [3.05, 3.63) is 53.2 Å². The van der Waals surface area contributed by atoms with Gasteiger partial charge in [0, 0.05) is 13.1 Å². The monoisotopic (exact) mass is 300 g/mol. The minimum atomic E-state index is -0.835. The molecule has 1 unspecified atom stereocenters. The van der Waals surface area contributed by atoms with Gasteiger partial charge in [0.05, 0.1) is 12.2 Å². The highest BCUT2D eigenvalue weighted by atomic mass is 16.4. The number of aliphatic carboxylic acids is 1. The largest absolute Gasteiger partial charge is 0.481 e. The van der Waals surface area contributed by atoms with Gasteiger partial charge in [0.15, 0.2) is 0 Å². The number of hydrogen-bond acceptors (Lipinski definition) is 4. The van der Waals surface area contributed by atoms with Crippen LogP contribution in [0.5, 0.6) is 0 Å². The Kier molecular flexibility index (Phi) is 3.74.